The zero-order valence-corrected chi connectivity index (χ0v) is 9.76. The molecule has 0 atom stereocenters. The summed E-state index contributed by atoms with van der Waals surface area (Å²) in [4.78, 5) is 15.0. The second-order valence-electron chi connectivity index (χ2n) is 2.49. The van der Waals surface area contributed by atoms with Gasteiger partial charge in [-0.15, -0.1) is 0 Å². The van der Waals surface area contributed by atoms with Crippen LogP contribution in [0, 0.1) is 0 Å². The lowest BCUT2D eigenvalue weighted by Crippen LogP contribution is -2.07. The first-order valence-electron chi connectivity index (χ1n) is 3.88. The number of pyridine rings is 1. The summed E-state index contributed by atoms with van der Waals surface area (Å²) in [6.45, 7) is 1.77. The van der Waals surface area contributed by atoms with Crippen LogP contribution in [0.1, 0.15) is 6.92 Å². The molecule has 0 aliphatic rings. The lowest BCUT2D eigenvalue weighted by atomic mass is 10.4. The molecule has 0 unspecified atom stereocenters. The van der Waals surface area contributed by atoms with E-state index in [0.717, 1.165) is 0 Å². The van der Waals surface area contributed by atoms with Crippen LogP contribution >= 0.6 is 27.5 Å². The molecule has 0 saturated heterocycles. The standard InChI is InChI=1S/C9H8BrClN2O/c1-2-3-8(14)13-6-4-7(10)9(11)12-5-6/h2-5H,1H3,(H,13,14)/b3-2+. The smallest absolute Gasteiger partial charge is 0.248 e. The zero-order valence-electron chi connectivity index (χ0n) is 7.42. The van der Waals surface area contributed by atoms with Crippen LogP contribution in [0.15, 0.2) is 28.9 Å². The summed E-state index contributed by atoms with van der Waals surface area (Å²) in [5.74, 6) is -0.191. The highest BCUT2D eigenvalue weighted by molar-refractivity contribution is 9.10. The summed E-state index contributed by atoms with van der Waals surface area (Å²) < 4.78 is 0.650. The topological polar surface area (TPSA) is 42.0 Å². The molecule has 0 aromatic carbocycles. The number of rotatable bonds is 2. The number of allylic oxidation sites excluding steroid dienone is 1. The van der Waals surface area contributed by atoms with Gasteiger partial charge in [0.1, 0.15) is 5.15 Å². The van der Waals surface area contributed by atoms with Crippen LogP contribution in [0.25, 0.3) is 0 Å². The summed E-state index contributed by atoms with van der Waals surface area (Å²) in [5, 5.41) is 3.00. The second kappa shape index (κ2) is 5.12. The fourth-order valence-corrected chi connectivity index (χ4v) is 1.28. The van der Waals surface area contributed by atoms with Crippen molar-refractivity contribution in [2.24, 2.45) is 0 Å². The van der Waals surface area contributed by atoms with E-state index in [1.165, 1.54) is 12.3 Å². The number of halogens is 2. The molecule has 0 bridgehead atoms. The van der Waals surface area contributed by atoms with Crippen molar-refractivity contribution in [3.8, 4) is 0 Å². The minimum absolute atomic E-state index is 0.191. The maximum Gasteiger partial charge on any atom is 0.248 e. The van der Waals surface area contributed by atoms with E-state index in [1.807, 2.05) is 0 Å². The van der Waals surface area contributed by atoms with Crippen LogP contribution in [0.2, 0.25) is 5.15 Å². The third-order valence-electron chi connectivity index (χ3n) is 1.38. The SMILES string of the molecule is C/C=C/C(=O)Nc1cnc(Cl)c(Br)c1. The number of hydrogen-bond acceptors (Lipinski definition) is 2. The summed E-state index contributed by atoms with van der Waals surface area (Å²) in [6, 6.07) is 1.69. The van der Waals surface area contributed by atoms with Crippen LogP contribution in [0.5, 0.6) is 0 Å². The number of aromatic nitrogens is 1. The number of hydrogen-bond donors (Lipinski definition) is 1. The average Bonchev–Trinajstić information content (AvgIpc) is 2.12. The van der Waals surface area contributed by atoms with Gasteiger partial charge in [0.25, 0.3) is 0 Å². The van der Waals surface area contributed by atoms with Gasteiger partial charge in [0.05, 0.1) is 16.4 Å². The quantitative estimate of drug-likeness (QED) is 0.666. The first kappa shape index (κ1) is 11.2. The van der Waals surface area contributed by atoms with Gasteiger partial charge in [0, 0.05) is 0 Å². The maximum absolute atomic E-state index is 11.1. The van der Waals surface area contributed by atoms with E-state index in [4.69, 9.17) is 11.6 Å². The van der Waals surface area contributed by atoms with E-state index >= 15 is 0 Å². The fraction of sp³-hybridized carbons (Fsp3) is 0.111. The Morgan fingerprint density at radius 1 is 1.71 bits per heavy atom. The minimum atomic E-state index is -0.191. The van der Waals surface area contributed by atoms with Gasteiger partial charge in [0.15, 0.2) is 0 Å². The average molecular weight is 276 g/mol. The van der Waals surface area contributed by atoms with Crippen molar-refractivity contribution in [2.45, 2.75) is 6.92 Å². The maximum atomic E-state index is 11.1. The molecule has 14 heavy (non-hydrogen) atoms. The van der Waals surface area contributed by atoms with Crippen molar-refractivity contribution in [3.05, 3.63) is 34.0 Å². The third kappa shape index (κ3) is 3.12. The van der Waals surface area contributed by atoms with Crippen LogP contribution in [0.4, 0.5) is 5.69 Å². The number of carbonyl (C=O) groups is 1. The Balaban J connectivity index is 2.78. The molecule has 1 rings (SSSR count). The number of carbonyl (C=O) groups excluding carboxylic acids is 1. The van der Waals surface area contributed by atoms with Crippen molar-refractivity contribution in [3.63, 3.8) is 0 Å². The molecule has 74 valence electrons. The summed E-state index contributed by atoms with van der Waals surface area (Å²) in [5.41, 5.74) is 0.601. The van der Waals surface area contributed by atoms with Gasteiger partial charge in [-0.05, 0) is 35.0 Å². The molecule has 0 fully saturated rings. The van der Waals surface area contributed by atoms with Gasteiger partial charge in [0.2, 0.25) is 5.91 Å². The van der Waals surface area contributed by atoms with Crippen LogP contribution < -0.4 is 5.32 Å². The zero-order chi connectivity index (χ0) is 10.6. The molecular weight excluding hydrogens is 267 g/mol. The Morgan fingerprint density at radius 2 is 2.43 bits per heavy atom. The predicted molar refractivity (Wildman–Crippen MR) is 60.4 cm³/mol. The summed E-state index contributed by atoms with van der Waals surface area (Å²) >= 11 is 8.90. The molecule has 1 amide bonds. The molecule has 0 aliphatic heterocycles. The van der Waals surface area contributed by atoms with E-state index < -0.39 is 0 Å². The normalized spacial score (nSPS) is 10.5. The lowest BCUT2D eigenvalue weighted by Gasteiger charge is -2.02. The number of nitrogens with zero attached hydrogens (tertiary/aromatic N) is 1. The number of amides is 1. The molecule has 0 spiro atoms. The molecule has 0 saturated carbocycles. The number of anilines is 1. The highest BCUT2D eigenvalue weighted by Gasteiger charge is 2.01. The van der Waals surface area contributed by atoms with E-state index in [9.17, 15) is 4.79 Å². The predicted octanol–water partition coefficient (Wildman–Crippen LogP) is 3.01. The van der Waals surface area contributed by atoms with E-state index in [1.54, 1.807) is 19.1 Å². The minimum Gasteiger partial charge on any atom is -0.321 e. The molecular formula is C9H8BrClN2O. The van der Waals surface area contributed by atoms with E-state index in [0.29, 0.717) is 15.3 Å². The largest absolute Gasteiger partial charge is 0.321 e. The van der Waals surface area contributed by atoms with E-state index in [-0.39, 0.29) is 5.91 Å². The highest BCUT2D eigenvalue weighted by atomic mass is 79.9. The fourth-order valence-electron chi connectivity index (χ4n) is 0.825. The van der Waals surface area contributed by atoms with Crippen molar-refractivity contribution >= 4 is 39.1 Å². The first-order chi connectivity index (χ1) is 6.63. The number of nitrogens with one attached hydrogen (secondary N) is 1. The molecule has 1 aromatic rings. The van der Waals surface area contributed by atoms with Crippen LogP contribution in [-0.2, 0) is 4.79 Å². The molecule has 5 heteroatoms. The first-order valence-corrected chi connectivity index (χ1v) is 5.05. The molecule has 1 N–H and O–H groups in total. The van der Waals surface area contributed by atoms with Crippen molar-refractivity contribution < 1.29 is 4.79 Å². The Bertz CT molecular complexity index is 379. The van der Waals surface area contributed by atoms with Crippen LogP contribution in [0.3, 0.4) is 0 Å². The van der Waals surface area contributed by atoms with Crippen molar-refractivity contribution in [1.82, 2.24) is 4.98 Å². The van der Waals surface area contributed by atoms with Crippen molar-refractivity contribution in [1.29, 1.82) is 0 Å². The van der Waals surface area contributed by atoms with Gasteiger partial charge < -0.3 is 5.32 Å². The van der Waals surface area contributed by atoms with Gasteiger partial charge in [-0.2, -0.15) is 0 Å². The Kier molecular flexibility index (Phi) is 4.10. The Labute approximate surface area is 95.3 Å². The lowest BCUT2D eigenvalue weighted by molar-refractivity contribution is -0.111. The second-order valence-corrected chi connectivity index (χ2v) is 3.70. The third-order valence-corrected chi connectivity index (χ3v) is 2.52. The molecule has 1 heterocycles. The monoisotopic (exact) mass is 274 g/mol. The van der Waals surface area contributed by atoms with Crippen LogP contribution in [-0.4, -0.2) is 10.9 Å². The van der Waals surface area contributed by atoms with Crippen molar-refractivity contribution in [2.75, 3.05) is 5.32 Å². The van der Waals surface area contributed by atoms with Gasteiger partial charge >= 0.3 is 0 Å². The van der Waals surface area contributed by atoms with Gasteiger partial charge in [-0.1, -0.05) is 17.7 Å². The molecule has 0 aliphatic carbocycles. The Morgan fingerprint density at radius 3 is 3.00 bits per heavy atom. The molecule has 0 radical (unpaired) electrons. The molecule has 1 aromatic heterocycles. The molecule has 3 nitrogen and oxygen atoms in total. The van der Waals surface area contributed by atoms with Gasteiger partial charge in [-0.3, -0.25) is 4.79 Å². The van der Waals surface area contributed by atoms with E-state index in [2.05, 4.69) is 26.2 Å². The Hall–Kier alpha value is -0.870. The summed E-state index contributed by atoms with van der Waals surface area (Å²) in [7, 11) is 0. The summed E-state index contributed by atoms with van der Waals surface area (Å²) in [6.07, 6.45) is 4.59. The van der Waals surface area contributed by atoms with Gasteiger partial charge in [-0.25, -0.2) is 4.98 Å². The highest BCUT2D eigenvalue weighted by Crippen LogP contribution is 2.22.